The molecule has 0 atom stereocenters. The number of anilines is 1. The number of hydrazone groups is 1. The van der Waals surface area contributed by atoms with Crippen molar-refractivity contribution in [2.75, 3.05) is 26.1 Å². The Labute approximate surface area is 240 Å². The van der Waals surface area contributed by atoms with Gasteiger partial charge in [0.2, 0.25) is 0 Å². The molecule has 1 aromatic heterocycles. The van der Waals surface area contributed by atoms with Gasteiger partial charge in [-0.2, -0.15) is 5.10 Å². The summed E-state index contributed by atoms with van der Waals surface area (Å²) in [6, 6.07) is 11.2. The maximum atomic E-state index is 12.6. The second-order valence-electron chi connectivity index (χ2n) is 8.86. The van der Waals surface area contributed by atoms with Crippen LogP contribution in [-0.2, 0) is 27.2 Å². The van der Waals surface area contributed by atoms with Gasteiger partial charge in [-0.3, -0.25) is 9.59 Å². The van der Waals surface area contributed by atoms with Crippen LogP contribution in [0.1, 0.15) is 57.0 Å². The van der Waals surface area contributed by atoms with Crippen molar-refractivity contribution >= 4 is 45.8 Å². The molecule has 1 aliphatic rings. The molecule has 0 saturated carbocycles. The van der Waals surface area contributed by atoms with E-state index in [1.54, 1.807) is 50.2 Å². The third-order valence-electron chi connectivity index (χ3n) is 6.27. The van der Waals surface area contributed by atoms with E-state index in [2.05, 4.69) is 15.8 Å². The van der Waals surface area contributed by atoms with Crippen molar-refractivity contribution in [3.8, 4) is 17.2 Å². The van der Waals surface area contributed by atoms with Gasteiger partial charge in [0, 0.05) is 10.4 Å². The van der Waals surface area contributed by atoms with Gasteiger partial charge in [-0.15, -0.1) is 11.3 Å². The van der Waals surface area contributed by atoms with Crippen molar-refractivity contribution in [2.24, 2.45) is 5.10 Å². The van der Waals surface area contributed by atoms with Crippen LogP contribution in [0.15, 0.2) is 47.6 Å². The molecule has 0 aliphatic heterocycles. The molecule has 2 aromatic carbocycles. The highest BCUT2D eigenvalue weighted by molar-refractivity contribution is 7.17. The van der Waals surface area contributed by atoms with Crippen molar-refractivity contribution in [1.82, 2.24) is 5.43 Å². The molecule has 0 bridgehead atoms. The minimum absolute atomic E-state index is 0.188. The lowest BCUT2D eigenvalue weighted by Crippen LogP contribution is -2.33. The molecular formula is C29H29N3O8S. The van der Waals surface area contributed by atoms with Crippen molar-refractivity contribution < 1.29 is 38.1 Å². The third-order valence-corrected chi connectivity index (χ3v) is 7.48. The number of thiophene rings is 1. The van der Waals surface area contributed by atoms with Crippen molar-refractivity contribution in [1.29, 1.82) is 0 Å². The van der Waals surface area contributed by atoms with Gasteiger partial charge in [-0.25, -0.2) is 15.0 Å². The molecule has 12 heteroatoms. The Morgan fingerprint density at radius 3 is 2.32 bits per heavy atom. The van der Waals surface area contributed by atoms with Gasteiger partial charge in [0.1, 0.15) is 10.8 Å². The van der Waals surface area contributed by atoms with E-state index >= 15 is 0 Å². The number of hydrogen-bond donors (Lipinski definition) is 2. The normalized spacial score (nSPS) is 12.2. The summed E-state index contributed by atoms with van der Waals surface area (Å²) in [7, 11) is 2.96. The minimum Gasteiger partial charge on any atom is -0.497 e. The zero-order valence-corrected chi connectivity index (χ0v) is 23.8. The first-order chi connectivity index (χ1) is 19.7. The molecule has 11 nitrogen and oxygen atoms in total. The predicted molar refractivity (Wildman–Crippen MR) is 152 cm³/mol. The summed E-state index contributed by atoms with van der Waals surface area (Å²) in [5.41, 5.74) is 4.64. The lowest BCUT2D eigenvalue weighted by Gasteiger charge is -2.11. The number of aryl methyl sites for hydroxylation is 1. The highest BCUT2D eigenvalue weighted by Gasteiger charge is 2.29. The summed E-state index contributed by atoms with van der Waals surface area (Å²) in [5.74, 6) is -2.02. The molecule has 4 rings (SSSR count). The first kappa shape index (κ1) is 29.3. The first-order valence-electron chi connectivity index (χ1n) is 12.8. The van der Waals surface area contributed by atoms with Gasteiger partial charge in [-0.1, -0.05) is 0 Å². The fraction of sp³-hybridized carbons (Fsp3) is 0.276. The lowest BCUT2D eigenvalue weighted by molar-refractivity contribution is -0.136. The molecule has 2 amide bonds. The predicted octanol–water partition coefficient (Wildman–Crippen LogP) is 4.13. The van der Waals surface area contributed by atoms with Gasteiger partial charge in [0.05, 0.1) is 37.7 Å². The van der Waals surface area contributed by atoms with E-state index in [9.17, 15) is 19.2 Å². The highest BCUT2D eigenvalue weighted by atomic mass is 32.1. The number of methoxy groups -OCH3 is 2. The smallest absolute Gasteiger partial charge is 0.343 e. The van der Waals surface area contributed by atoms with Crippen LogP contribution in [0.25, 0.3) is 0 Å². The molecule has 0 fully saturated rings. The molecule has 3 aromatic rings. The number of rotatable bonds is 9. The van der Waals surface area contributed by atoms with E-state index in [-0.39, 0.29) is 18.1 Å². The summed E-state index contributed by atoms with van der Waals surface area (Å²) in [4.78, 5) is 51.2. The summed E-state index contributed by atoms with van der Waals surface area (Å²) in [6.07, 6.45) is 2.45. The third kappa shape index (κ3) is 6.72. The van der Waals surface area contributed by atoms with E-state index in [0.29, 0.717) is 39.6 Å². The van der Waals surface area contributed by atoms with E-state index < -0.39 is 23.8 Å². The molecule has 0 spiro atoms. The number of esters is 2. The molecule has 0 radical (unpaired) electrons. The number of amides is 2. The monoisotopic (exact) mass is 579 g/mol. The van der Waals surface area contributed by atoms with Gasteiger partial charge < -0.3 is 24.3 Å². The first-order valence-corrected chi connectivity index (χ1v) is 13.6. The molecule has 0 saturated heterocycles. The summed E-state index contributed by atoms with van der Waals surface area (Å²) >= 11 is 1.28. The summed E-state index contributed by atoms with van der Waals surface area (Å²) < 4.78 is 21.1. The van der Waals surface area contributed by atoms with Crippen LogP contribution in [0.5, 0.6) is 17.2 Å². The van der Waals surface area contributed by atoms with E-state index in [1.807, 2.05) is 0 Å². The average molecular weight is 580 g/mol. The van der Waals surface area contributed by atoms with Gasteiger partial charge in [-0.05, 0) is 81.1 Å². The van der Waals surface area contributed by atoms with Crippen LogP contribution in [0.3, 0.4) is 0 Å². The average Bonchev–Trinajstić information content (AvgIpc) is 3.56. The number of ether oxygens (including phenoxy) is 4. The molecule has 1 aliphatic carbocycles. The SMILES string of the molecule is CCOC(=O)c1c(NC(=O)C(=O)N/N=C(\C)c2ccc(OC(=O)c3ccc(OC)cc3)c(OC)c2)sc2c1CCC2. The van der Waals surface area contributed by atoms with E-state index in [0.717, 1.165) is 23.3 Å². The number of nitrogens with zero attached hydrogens (tertiary/aromatic N) is 1. The number of carbonyl (C=O) groups is 4. The topological polar surface area (TPSA) is 142 Å². The lowest BCUT2D eigenvalue weighted by atomic mass is 10.1. The minimum atomic E-state index is -1.01. The van der Waals surface area contributed by atoms with Gasteiger partial charge in [0.15, 0.2) is 11.5 Å². The fourth-order valence-electron chi connectivity index (χ4n) is 4.18. The molecule has 2 N–H and O–H groups in total. The number of benzene rings is 2. The number of nitrogens with one attached hydrogen (secondary N) is 2. The quantitative estimate of drug-likeness (QED) is 0.127. The standard InChI is InChI=1S/C29H29N3O8S/c1-5-39-29(36)24-20-7-6-8-23(20)41-27(24)30-25(33)26(34)32-31-16(2)18-11-14-21(22(15-18)38-4)40-28(35)17-9-12-19(37-3)13-10-17/h9-15H,5-8H2,1-4H3,(H,30,33)(H,32,34)/b31-16+. The van der Waals surface area contributed by atoms with Crippen molar-refractivity contribution in [2.45, 2.75) is 33.1 Å². The van der Waals surface area contributed by atoms with E-state index in [1.165, 1.54) is 31.6 Å². The van der Waals surface area contributed by atoms with Crippen molar-refractivity contribution in [3.63, 3.8) is 0 Å². The van der Waals surface area contributed by atoms with Gasteiger partial charge in [0.25, 0.3) is 0 Å². The Balaban J connectivity index is 1.41. The fourth-order valence-corrected chi connectivity index (χ4v) is 5.46. The van der Waals surface area contributed by atoms with Crippen LogP contribution in [0.4, 0.5) is 5.00 Å². The summed E-state index contributed by atoms with van der Waals surface area (Å²) in [5, 5.41) is 6.84. The Bertz CT molecular complexity index is 1510. The van der Waals surface area contributed by atoms with Crippen LogP contribution >= 0.6 is 11.3 Å². The number of hydrogen-bond acceptors (Lipinski definition) is 10. The van der Waals surface area contributed by atoms with Crippen LogP contribution in [0, 0.1) is 0 Å². The van der Waals surface area contributed by atoms with Crippen LogP contribution in [-0.4, -0.2) is 50.3 Å². The molecule has 214 valence electrons. The van der Waals surface area contributed by atoms with Crippen LogP contribution in [0.2, 0.25) is 0 Å². The zero-order chi connectivity index (χ0) is 29.5. The molecule has 0 unspecified atom stereocenters. The molecule has 1 heterocycles. The van der Waals surface area contributed by atoms with E-state index in [4.69, 9.17) is 18.9 Å². The Kier molecular flexibility index (Phi) is 9.35. The number of carbonyl (C=O) groups excluding carboxylic acids is 4. The second kappa shape index (κ2) is 13.1. The second-order valence-corrected chi connectivity index (χ2v) is 9.96. The zero-order valence-electron chi connectivity index (χ0n) is 23.0. The number of fused-ring (bicyclic) bond motifs is 1. The van der Waals surface area contributed by atoms with Crippen molar-refractivity contribution in [3.05, 3.63) is 69.6 Å². The Morgan fingerprint density at radius 1 is 0.902 bits per heavy atom. The Morgan fingerprint density at radius 2 is 1.63 bits per heavy atom. The highest BCUT2D eigenvalue weighted by Crippen LogP contribution is 2.39. The molecule has 41 heavy (non-hydrogen) atoms. The molecular weight excluding hydrogens is 550 g/mol. The largest absolute Gasteiger partial charge is 0.497 e. The Hall–Kier alpha value is -4.71. The maximum absolute atomic E-state index is 12.6. The van der Waals surface area contributed by atoms with Gasteiger partial charge >= 0.3 is 23.8 Å². The van der Waals surface area contributed by atoms with Crippen LogP contribution < -0.4 is 25.0 Å². The maximum Gasteiger partial charge on any atom is 0.343 e. The summed E-state index contributed by atoms with van der Waals surface area (Å²) in [6.45, 7) is 3.52.